The van der Waals surface area contributed by atoms with Crippen LogP contribution in [0, 0.1) is 5.92 Å². The van der Waals surface area contributed by atoms with E-state index in [1.165, 1.54) is 9.80 Å². The van der Waals surface area contributed by atoms with Crippen molar-refractivity contribution in [2.24, 2.45) is 5.92 Å². The van der Waals surface area contributed by atoms with E-state index in [9.17, 15) is 19.2 Å². The lowest BCUT2D eigenvalue weighted by atomic mass is 10.1. The number of hydrogen-bond donors (Lipinski definition) is 4. The smallest absolute Gasteiger partial charge is 0.319 e. The Morgan fingerprint density at radius 3 is 2.40 bits per heavy atom. The molecule has 42 heavy (non-hydrogen) atoms. The minimum absolute atomic E-state index is 0.176. The fourth-order valence-corrected chi connectivity index (χ4v) is 4.04. The number of nitrogen functional groups attached to an aromatic ring is 1. The number of para-hydroxylation sites is 2. The van der Waals surface area contributed by atoms with Crippen molar-refractivity contribution in [3.63, 3.8) is 0 Å². The molecule has 0 bridgehead atoms. The van der Waals surface area contributed by atoms with Crippen molar-refractivity contribution in [1.29, 1.82) is 0 Å². The average molecular weight is 576 g/mol. The molecule has 0 heterocycles. The number of carbonyl (C=O) groups excluding carboxylic acids is 3. The number of carboxylic acids is 1. The van der Waals surface area contributed by atoms with E-state index >= 15 is 0 Å². The standard InChI is InChI=1S/C31H37N5O6/c1-21(2)14-15-36(28(37)19-33-31(41)34-24-10-6-8-22(16-24)17-30(39)40)26-12-4-5-13-27(26)42-20-29(38)35(3)25-11-7-9-23(32)18-25/h4-13,16,18,21H,14-15,17,19-20,32H2,1-3H3,(H,39,40)(H2,33,34,41). The third kappa shape index (κ3) is 9.54. The van der Waals surface area contributed by atoms with Gasteiger partial charge in [-0.1, -0.05) is 44.2 Å². The summed E-state index contributed by atoms with van der Waals surface area (Å²) in [6.45, 7) is 3.88. The summed E-state index contributed by atoms with van der Waals surface area (Å²) < 4.78 is 5.90. The predicted octanol–water partition coefficient (Wildman–Crippen LogP) is 4.14. The molecular formula is C31H37N5O6. The quantitative estimate of drug-likeness (QED) is 0.223. The first-order valence-electron chi connectivity index (χ1n) is 13.5. The molecule has 0 aliphatic rings. The lowest BCUT2D eigenvalue weighted by Gasteiger charge is -2.26. The molecule has 0 aliphatic carbocycles. The highest BCUT2D eigenvalue weighted by Crippen LogP contribution is 2.29. The van der Waals surface area contributed by atoms with Crippen molar-refractivity contribution in [3.8, 4) is 5.75 Å². The monoisotopic (exact) mass is 575 g/mol. The van der Waals surface area contributed by atoms with E-state index in [0.29, 0.717) is 52.9 Å². The van der Waals surface area contributed by atoms with Crippen LogP contribution in [0.15, 0.2) is 72.8 Å². The molecule has 0 saturated heterocycles. The van der Waals surface area contributed by atoms with Crippen molar-refractivity contribution in [2.45, 2.75) is 26.7 Å². The Labute approximate surface area is 245 Å². The van der Waals surface area contributed by atoms with Gasteiger partial charge < -0.3 is 36.0 Å². The summed E-state index contributed by atoms with van der Waals surface area (Å²) in [5.74, 6) is -1.00. The molecule has 0 spiro atoms. The van der Waals surface area contributed by atoms with Gasteiger partial charge >= 0.3 is 12.0 Å². The lowest BCUT2D eigenvalue weighted by Crippen LogP contribution is -2.42. The molecule has 11 heteroatoms. The molecule has 4 amide bonds. The highest BCUT2D eigenvalue weighted by molar-refractivity contribution is 5.99. The number of likely N-dealkylation sites (N-methyl/N-ethyl adjacent to an activating group) is 1. The van der Waals surface area contributed by atoms with E-state index in [4.69, 9.17) is 15.6 Å². The van der Waals surface area contributed by atoms with Crippen LogP contribution in [0.5, 0.6) is 5.75 Å². The summed E-state index contributed by atoms with van der Waals surface area (Å²) in [7, 11) is 1.63. The van der Waals surface area contributed by atoms with Crippen LogP contribution >= 0.6 is 0 Å². The first kappa shape index (κ1) is 31.5. The van der Waals surface area contributed by atoms with Crippen LogP contribution in [0.4, 0.5) is 27.5 Å². The zero-order chi connectivity index (χ0) is 30.6. The van der Waals surface area contributed by atoms with E-state index in [-0.39, 0.29) is 31.4 Å². The van der Waals surface area contributed by atoms with Crippen LogP contribution in [0.25, 0.3) is 0 Å². The number of benzene rings is 3. The molecule has 0 saturated carbocycles. The fourth-order valence-electron chi connectivity index (χ4n) is 4.04. The zero-order valence-corrected chi connectivity index (χ0v) is 24.0. The van der Waals surface area contributed by atoms with E-state index in [2.05, 4.69) is 10.6 Å². The lowest BCUT2D eigenvalue weighted by molar-refractivity contribution is -0.136. The highest BCUT2D eigenvalue weighted by Gasteiger charge is 2.22. The Bertz CT molecular complexity index is 1410. The normalized spacial score (nSPS) is 10.6. The van der Waals surface area contributed by atoms with E-state index in [0.717, 1.165) is 0 Å². The molecule has 11 nitrogen and oxygen atoms in total. The molecule has 3 aromatic rings. The van der Waals surface area contributed by atoms with Gasteiger partial charge in [-0.15, -0.1) is 0 Å². The summed E-state index contributed by atoms with van der Waals surface area (Å²) in [5, 5.41) is 14.2. The minimum atomic E-state index is -0.981. The van der Waals surface area contributed by atoms with Gasteiger partial charge in [-0.3, -0.25) is 14.4 Å². The topological polar surface area (TPSA) is 154 Å². The van der Waals surface area contributed by atoms with Crippen LogP contribution in [0.3, 0.4) is 0 Å². The number of nitrogens with one attached hydrogen (secondary N) is 2. The van der Waals surface area contributed by atoms with Crippen LogP contribution < -0.4 is 30.9 Å². The van der Waals surface area contributed by atoms with E-state index in [1.807, 2.05) is 13.8 Å². The van der Waals surface area contributed by atoms with Crippen LogP contribution in [0.2, 0.25) is 0 Å². The minimum Gasteiger partial charge on any atom is -0.482 e. The molecule has 0 unspecified atom stereocenters. The van der Waals surface area contributed by atoms with Gasteiger partial charge in [-0.25, -0.2) is 4.79 Å². The van der Waals surface area contributed by atoms with Gasteiger partial charge in [-0.2, -0.15) is 0 Å². The molecule has 0 radical (unpaired) electrons. The Balaban J connectivity index is 1.68. The second kappa shape index (κ2) is 15.1. The summed E-state index contributed by atoms with van der Waals surface area (Å²) in [5.41, 5.74) is 8.42. The first-order chi connectivity index (χ1) is 20.0. The SMILES string of the molecule is CC(C)CCN(C(=O)CNC(=O)Nc1cccc(CC(=O)O)c1)c1ccccc1OCC(=O)N(C)c1cccc(N)c1. The number of ether oxygens (including phenoxy) is 1. The summed E-state index contributed by atoms with van der Waals surface area (Å²) in [6.07, 6.45) is 0.518. The molecule has 5 N–H and O–H groups in total. The average Bonchev–Trinajstić information content (AvgIpc) is 2.94. The molecule has 0 aromatic heterocycles. The number of rotatable bonds is 13. The second-order valence-electron chi connectivity index (χ2n) is 10.1. The molecule has 0 fully saturated rings. The molecule has 0 atom stereocenters. The number of nitrogens with zero attached hydrogens (tertiary/aromatic N) is 2. The molecule has 3 aromatic carbocycles. The Kier molecular flexibility index (Phi) is 11.3. The summed E-state index contributed by atoms with van der Waals surface area (Å²) in [4.78, 5) is 52.7. The third-order valence-corrected chi connectivity index (χ3v) is 6.31. The van der Waals surface area contributed by atoms with Gasteiger partial charge in [0.2, 0.25) is 5.91 Å². The molecule has 0 aliphatic heterocycles. The van der Waals surface area contributed by atoms with E-state index < -0.39 is 12.0 Å². The number of carboxylic acid groups (broad SMARTS) is 1. The number of urea groups is 1. The number of aliphatic carboxylic acids is 1. The zero-order valence-electron chi connectivity index (χ0n) is 24.0. The summed E-state index contributed by atoms with van der Waals surface area (Å²) >= 11 is 0. The maximum atomic E-state index is 13.4. The van der Waals surface area contributed by atoms with E-state index in [1.54, 1.807) is 79.8 Å². The maximum Gasteiger partial charge on any atom is 0.319 e. The third-order valence-electron chi connectivity index (χ3n) is 6.31. The second-order valence-corrected chi connectivity index (χ2v) is 10.1. The van der Waals surface area contributed by atoms with Crippen LogP contribution in [0.1, 0.15) is 25.8 Å². The van der Waals surface area contributed by atoms with Crippen molar-refractivity contribution in [2.75, 3.05) is 47.6 Å². The van der Waals surface area contributed by atoms with Gasteiger partial charge in [0, 0.05) is 30.7 Å². The van der Waals surface area contributed by atoms with Crippen molar-refractivity contribution < 1.29 is 29.0 Å². The summed E-state index contributed by atoms with van der Waals surface area (Å²) in [6, 6.07) is 19.7. The van der Waals surface area contributed by atoms with Gasteiger partial charge in [0.15, 0.2) is 6.61 Å². The highest BCUT2D eigenvalue weighted by atomic mass is 16.5. The number of carbonyl (C=O) groups is 4. The van der Waals surface area contributed by atoms with Gasteiger partial charge in [0.25, 0.3) is 5.91 Å². The number of anilines is 4. The number of nitrogens with two attached hydrogens (primary N) is 1. The molecule has 3 rings (SSSR count). The predicted molar refractivity (Wildman–Crippen MR) is 163 cm³/mol. The molecular weight excluding hydrogens is 538 g/mol. The van der Waals surface area contributed by atoms with Crippen molar-refractivity contribution >= 4 is 46.6 Å². The van der Waals surface area contributed by atoms with Gasteiger partial charge in [0.1, 0.15) is 5.75 Å². The largest absolute Gasteiger partial charge is 0.482 e. The first-order valence-corrected chi connectivity index (χ1v) is 13.5. The van der Waals surface area contributed by atoms with Crippen LogP contribution in [-0.4, -0.2) is 55.7 Å². The Morgan fingerprint density at radius 1 is 0.952 bits per heavy atom. The van der Waals surface area contributed by atoms with Gasteiger partial charge in [-0.05, 0) is 60.4 Å². The van der Waals surface area contributed by atoms with Gasteiger partial charge in [0.05, 0.1) is 18.7 Å². The number of amides is 4. The Morgan fingerprint density at radius 2 is 1.69 bits per heavy atom. The van der Waals surface area contributed by atoms with Crippen molar-refractivity contribution in [1.82, 2.24) is 5.32 Å². The number of hydrogen-bond acceptors (Lipinski definition) is 6. The van der Waals surface area contributed by atoms with Crippen LogP contribution in [-0.2, 0) is 20.8 Å². The maximum absolute atomic E-state index is 13.4. The Hall–Kier alpha value is -5.06. The fraction of sp³-hybridized carbons (Fsp3) is 0.290. The van der Waals surface area contributed by atoms with Crippen molar-refractivity contribution in [3.05, 3.63) is 78.4 Å². The molecule has 222 valence electrons.